The van der Waals surface area contributed by atoms with Crippen LogP contribution in [0.15, 0.2) is 29.5 Å². The van der Waals surface area contributed by atoms with Crippen LogP contribution in [0.4, 0.5) is 13.2 Å². The number of alkyl halides is 3. The van der Waals surface area contributed by atoms with Crippen LogP contribution in [0.25, 0.3) is 0 Å². The predicted molar refractivity (Wildman–Crippen MR) is 92.0 cm³/mol. The van der Waals surface area contributed by atoms with Gasteiger partial charge in [0.25, 0.3) is 0 Å². The van der Waals surface area contributed by atoms with Gasteiger partial charge in [0.15, 0.2) is 11.3 Å². The van der Waals surface area contributed by atoms with E-state index in [0.29, 0.717) is 10.7 Å². The number of fused-ring (bicyclic) bond motifs is 1. The van der Waals surface area contributed by atoms with Crippen molar-refractivity contribution in [2.75, 3.05) is 14.1 Å². The Balaban J connectivity index is 1.77. The molecule has 1 aromatic heterocycles. The van der Waals surface area contributed by atoms with E-state index in [9.17, 15) is 23.4 Å². The first kappa shape index (κ1) is 20.3. The number of pyridine rings is 1. The third-order valence-electron chi connectivity index (χ3n) is 4.24. The maximum Gasteiger partial charge on any atom is 0.417 e. The molecule has 1 saturated heterocycles. The normalized spacial score (nSPS) is 32.0. The number of halogens is 3. The molecule has 0 unspecified atom stereocenters. The average molecular weight is 407 g/mol. The van der Waals surface area contributed by atoms with Gasteiger partial charge in [0.05, 0.1) is 6.61 Å². The molecule has 1 fully saturated rings. The minimum absolute atomic E-state index is 0.360. The molecule has 0 aliphatic carbocycles. The van der Waals surface area contributed by atoms with Gasteiger partial charge in [0.2, 0.25) is 0 Å². The van der Waals surface area contributed by atoms with E-state index in [0.717, 1.165) is 11.8 Å². The summed E-state index contributed by atoms with van der Waals surface area (Å²) >= 11 is 1.10. The molecule has 1 aromatic rings. The lowest BCUT2D eigenvalue weighted by molar-refractivity contribution is -0.286. The van der Waals surface area contributed by atoms with Gasteiger partial charge in [0.1, 0.15) is 29.8 Å². The zero-order valence-electron chi connectivity index (χ0n) is 14.6. The van der Waals surface area contributed by atoms with Gasteiger partial charge in [-0.2, -0.15) is 13.2 Å². The lowest BCUT2D eigenvalue weighted by Gasteiger charge is -2.41. The van der Waals surface area contributed by atoms with E-state index in [4.69, 9.17) is 9.47 Å². The Labute approximate surface area is 158 Å². The lowest BCUT2D eigenvalue weighted by atomic mass is 9.94. The van der Waals surface area contributed by atoms with E-state index in [2.05, 4.69) is 9.98 Å². The second kappa shape index (κ2) is 7.92. The molecule has 11 heteroatoms. The van der Waals surface area contributed by atoms with Crippen LogP contribution in [-0.4, -0.2) is 81.4 Å². The summed E-state index contributed by atoms with van der Waals surface area (Å²) in [6.07, 6.45) is -9.39. The fourth-order valence-electron chi connectivity index (χ4n) is 2.89. The Morgan fingerprint density at radius 3 is 2.67 bits per heavy atom. The lowest BCUT2D eigenvalue weighted by Crippen LogP contribution is -2.61. The molecule has 2 aliphatic rings. The summed E-state index contributed by atoms with van der Waals surface area (Å²) in [5.74, 6) is 0. The van der Waals surface area contributed by atoms with Crippen molar-refractivity contribution in [1.82, 2.24) is 9.88 Å². The topological polar surface area (TPSA) is 87.4 Å². The first-order valence-corrected chi connectivity index (χ1v) is 9.07. The number of aromatic nitrogens is 1. The van der Waals surface area contributed by atoms with Crippen LogP contribution in [0.1, 0.15) is 5.56 Å². The van der Waals surface area contributed by atoms with Gasteiger partial charge in [0, 0.05) is 26.5 Å². The highest BCUT2D eigenvalue weighted by Gasteiger charge is 2.57. The highest BCUT2D eigenvalue weighted by atomic mass is 32.2. The Kier molecular flexibility index (Phi) is 5.96. The molecule has 27 heavy (non-hydrogen) atoms. The molecule has 150 valence electrons. The van der Waals surface area contributed by atoms with Crippen molar-refractivity contribution in [3.63, 3.8) is 0 Å². The summed E-state index contributed by atoms with van der Waals surface area (Å²) in [6.45, 7) is -0.360. The Hall–Kier alpha value is -1.40. The van der Waals surface area contributed by atoms with E-state index in [1.165, 1.54) is 12.4 Å². The Bertz CT molecular complexity index is 677. The molecule has 0 amide bonds. The molecular weight excluding hydrogens is 387 g/mol. The number of aliphatic imine (C=N–C) groups is 1. The van der Waals surface area contributed by atoms with Crippen LogP contribution in [-0.2, 0) is 16.1 Å². The first-order valence-electron chi connectivity index (χ1n) is 8.19. The van der Waals surface area contributed by atoms with Crippen molar-refractivity contribution in [2.24, 2.45) is 4.99 Å². The maximum atomic E-state index is 13.6. The third-order valence-corrected chi connectivity index (χ3v) is 5.55. The SMILES string of the molecule is CN(C)C1=N[C@@H]2[C@@H](O)[C@H](O)[C@@H]([C@@H](OCc3cccnc3)C(F)(F)F)O[C@@H]2S1. The minimum Gasteiger partial charge on any atom is -0.388 e. The highest BCUT2D eigenvalue weighted by molar-refractivity contribution is 8.14. The van der Waals surface area contributed by atoms with Crippen LogP contribution in [0, 0.1) is 0 Å². The van der Waals surface area contributed by atoms with Crippen molar-refractivity contribution in [2.45, 2.75) is 48.7 Å². The zero-order valence-corrected chi connectivity index (χ0v) is 15.4. The van der Waals surface area contributed by atoms with Gasteiger partial charge < -0.3 is 24.6 Å². The number of aliphatic hydroxyl groups is 2. The number of nitrogens with zero attached hydrogens (tertiary/aromatic N) is 3. The molecule has 3 heterocycles. The molecular formula is C16H20F3N3O4S. The summed E-state index contributed by atoms with van der Waals surface area (Å²) in [5, 5.41) is 21.1. The maximum absolute atomic E-state index is 13.6. The zero-order chi connectivity index (χ0) is 19.8. The molecule has 3 rings (SSSR count). The third kappa shape index (κ3) is 4.37. The van der Waals surface area contributed by atoms with Gasteiger partial charge in [-0.25, -0.2) is 0 Å². The Morgan fingerprint density at radius 2 is 2.07 bits per heavy atom. The van der Waals surface area contributed by atoms with Crippen LogP contribution in [0.5, 0.6) is 0 Å². The second-order valence-corrected chi connectivity index (χ2v) is 7.56. The Morgan fingerprint density at radius 1 is 1.33 bits per heavy atom. The number of amidine groups is 1. The number of thioether (sulfide) groups is 1. The van der Waals surface area contributed by atoms with Gasteiger partial charge >= 0.3 is 6.18 Å². The molecule has 7 nitrogen and oxygen atoms in total. The smallest absolute Gasteiger partial charge is 0.388 e. The van der Waals surface area contributed by atoms with Crippen LogP contribution in [0.2, 0.25) is 0 Å². The van der Waals surface area contributed by atoms with Crippen molar-refractivity contribution in [1.29, 1.82) is 0 Å². The second-order valence-electron chi connectivity index (χ2n) is 6.50. The number of aliphatic hydroxyl groups excluding tert-OH is 2. The van der Waals surface area contributed by atoms with Crippen molar-refractivity contribution >= 4 is 16.9 Å². The quantitative estimate of drug-likeness (QED) is 0.770. The summed E-state index contributed by atoms with van der Waals surface area (Å²) in [7, 11) is 3.44. The van der Waals surface area contributed by atoms with E-state index in [1.54, 1.807) is 31.1 Å². The number of rotatable bonds is 4. The monoisotopic (exact) mass is 407 g/mol. The van der Waals surface area contributed by atoms with E-state index >= 15 is 0 Å². The van der Waals surface area contributed by atoms with E-state index in [-0.39, 0.29) is 6.61 Å². The average Bonchev–Trinajstić information content (AvgIpc) is 3.03. The summed E-state index contributed by atoms with van der Waals surface area (Å²) in [4.78, 5) is 9.73. The van der Waals surface area contributed by atoms with E-state index < -0.39 is 42.1 Å². The number of ether oxygens (including phenoxy) is 2. The number of hydrogen-bond acceptors (Lipinski definition) is 8. The van der Waals surface area contributed by atoms with Crippen LogP contribution >= 0.6 is 11.8 Å². The predicted octanol–water partition coefficient (Wildman–Crippen LogP) is 1.01. The highest BCUT2D eigenvalue weighted by Crippen LogP contribution is 2.40. The fraction of sp³-hybridized carbons (Fsp3) is 0.625. The van der Waals surface area contributed by atoms with Gasteiger partial charge in [-0.05, 0) is 11.6 Å². The van der Waals surface area contributed by atoms with Crippen LogP contribution in [0.3, 0.4) is 0 Å². The molecule has 6 atom stereocenters. The van der Waals surface area contributed by atoms with Crippen molar-refractivity contribution < 1.29 is 32.9 Å². The molecule has 0 radical (unpaired) electrons. The van der Waals surface area contributed by atoms with Crippen molar-refractivity contribution in [3.05, 3.63) is 30.1 Å². The van der Waals surface area contributed by atoms with Crippen molar-refractivity contribution in [3.8, 4) is 0 Å². The molecule has 2 N–H and O–H groups in total. The van der Waals surface area contributed by atoms with Gasteiger partial charge in [-0.3, -0.25) is 9.98 Å². The molecule has 0 saturated carbocycles. The fourth-order valence-corrected chi connectivity index (χ4v) is 4.03. The minimum atomic E-state index is -4.80. The van der Waals surface area contributed by atoms with Gasteiger partial charge in [-0.1, -0.05) is 17.8 Å². The molecule has 0 bridgehead atoms. The standard InChI is InChI=1S/C16H20F3N3O4S/c1-22(2)15-21-9-10(23)11(24)12(26-14(9)27-15)13(16(17,18)19)25-7-8-4-3-5-20-6-8/h3-6,9-14,23-24H,7H2,1-2H3/t9-,10-,11+,12+,13-,14-/m1/s1. The molecule has 0 aromatic carbocycles. The molecule has 2 aliphatic heterocycles. The van der Waals surface area contributed by atoms with Crippen LogP contribution < -0.4 is 0 Å². The number of hydrogen-bond donors (Lipinski definition) is 2. The summed E-state index contributed by atoms with van der Waals surface area (Å²) in [5.41, 5.74) is -0.387. The summed E-state index contributed by atoms with van der Waals surface area (Å²) in [6, 6.07) is 2.32. The van der Waals surface area contributed by atoms with Gasteiger partial charge in [-0.15, -0.1) is 0 Å². The van der Waals surface area contributed by atoms with E-state index in [1.807, 2.05) is 0 Å². The first-order chi connectivity index (χ1) is 12.7. The summed E-state index contributed by atoms with van der Waals surface area (Å²) < 4.78 is 51.4. The largest absolute Gasteiger partial charge is 0.417 e. The molecule has 0 spiro atoms.